The summed E-state index contributed by atoms with van der Waals surface area (Å²) in [5, 5.41) is 9.06. The van der Waals surface area contributed by atoms with E-state index in [2.05, 4.69) is 0 Å². The average Bonchev–Trinajstić information content (AvgIpc) is 3.12. The Labute approximate surface area is 141 Å². The van der Waals surface area contributed by atoms with Gasteiger partial charge in [-0.1, -0.05) is 6.07 Å². The van der Waals surface area contributed by atoms with Gasteiger partial charge >= 0.3 is 5.97 Å². The summed E-state index contributed by atoms with van der Waals surface area (Å²) in [4.78, 5) is 39.6. The first-order valence-electron chi connectivity index (χ1n) is 8.28. The Morgan fingerprint density at radius 3 is 2.33 bits per heavy atom. The van der Waals surface area contributed by atoms with Gasteiger partial charge in [0.15, 0.2) is 0 Å². The molecule has 0 spiro atoms. The first-order chi connectivity index (χ1) is 11.4. The maximum atomic E-state index is 12.7. The van der Waals surface area contributed by atoms with Crippen molar-refractivity contribution in [1.29, 1.82) is 0 Å². The summed E-state index contributed by atoms with van der Waals surface area (Å²) in [6.07, 6.45) is 0.946. The van der Waals surface area contributed by atoms with Crippen LogP contribution in [0.25, 0.3) is 0 Å². The summed E-state index contributed by atoms with van der Waals surface area (Å²) in [5.41, 5.74) is 2.99. The first-order valence-corrected chi connectivity index (χ1v) is 8.28. The number of carbonyl (C=O) groups is 3. The van der Waals surface area contributed by atoms with Crippen molar-refractivity contribution in [2.75, 3.05) is 24.5 Å². The van der Waals surface area contributed by atoms with Crippen LogP contribution >= 0.6 is 0 Å². The van der Waals surface area contributed by atoms with Crippen molar-refractivity contribution < 1.29 is 19.5 Å². The smallest absolute Gasteiger partial charge is 0.308 e. The third-order valence-electron chi connectivity index (χ3n) is 4.87. The van der Waals surface area contributed by atoms with Crippen molar-refractivity contribution >= 4 is 23.5 Å². The number of aryl methyl sites for hydroxylation is 2. The van der Waals surface area contributed by atoms with E-state index in [-0.39, 0.29) is 18.4 Å². The molecular formula is C18H22N2O4. The quantitative estimate of drug-likeness (QED) is 0.854. The maximum absolute atomic E-state index is 12.7. The highest BCUT2D eigenvalue weighted by Crippen LogP contribution is 2.29. The summed E-state index contributed by atoms with van der Waals surface area (Å²) in [6, 6.07) is 5.95. The van der Waals surface area contributed by atoms with Crippen LogP contribution in [0.3, 0.4) is 0 Å². The molecule has 2 aliphatic rings. The zero-order chi connectivity index (χ0) is 17.4. The summed E-state index contributed by atoms with van der Waals surface area (Å²) in [5.74, 6) is -2.47. The molecule has 24 heavy (non-hydrogen) atoms. The average molecular weight is 330 g/mol. The third-order valence-corrected chi connectivity index (χ3v) is 4.87. The fourth-order valence-corrected chi connectivity index (χ4v) is 3.65. The lowest BCUT2D eigenvalue weighted by atomic mass is 10.1. The molecule has 2 heterocycles. The van der Waals surface area contributed by atoms with Gasteiger partial charge < -0.3 is 14.9 Å². The van der Waals surface area contributed by atoms with Crippen LogP contribution in [0.1, 0.15) is 24.0 Å². The van der Waals surface area contributed by atoms with Crippen LogP contribution < -0.4 is 4.90 Å². The number of anilines is 1. The fourth-order valence-electron chi connectivity index (χ4n) is 3.65. The molecule has 0 aromatic heterocycles. The normalized spacial score (nSPS) is 23.8. The zero-order valence-corrected chi connectivity index (χ0v) is 14.0. The van der Waals surface area contributed by atoms with Crippen LogP contribution in [-0.4, -0.2) is 47.4 Å². The molecule has 0 aliphatic carbocycles. The van der Waals surface area contributed by atoms with Crippen LogP contribution in [0.4, 0.5) is 5.69 Å². The molecule has 3 rings (SSSR count). The molecule has 1 aromatic rings. The van der Waals surface area contributed by atoms with Crippen LogP contribution in [0.15, 0.2) is 18.2 Å². The highest BCUT2D eigenvalue weighted by Gasteiger charge is 2.42. The van der Waals surface area contributed by atoms with Crippen molar-refractivity contribution in [1.82, 2.24) is 4.90 Å². The van der Waals surface area contributed by atoms with Gasteiger partial charge in [0.2, 0.25) is 11.8 Å². The highest BCUT2D eigenvalue weighted by molar-refractivity contribution is 6.09. The number of likely N-dealkylation sites (tertiary alicyclic amines) is 1. The van der Waals surface area contributed by atoms with Crippen LogP contribution in [0, 0.1) is 25.7 Å². The Morgan fingerprint density at radius 2 is 1.75 bits per heavy atom. The first kappa shape index (κ1) is 16.5. The minimum Gasteiger partial charge on any atom is -0.481 e. The SMILES string of the molecule is Cc1cc(C)cc(N2CCC(C(=O)N3CCC(C(=O)O)C3)C2=O)c1. The summed E-state index contributed by atoms with van der Waals surface area (Å²) in [6.45, 7) is 5.12. The molecule has 1 aromatic carbocycles. The molecule has 0 bridgehead atoms. The van der Waals surface area contributed by atoms with Gasteiger partial charge in [0.05, 0.1) is 5.92 Å². The van der Waals surface area contributed by atoms with E-state index in [1.54, 1.807) is 4.90 Å². The van der Waals surface area contributed by atoms with E-state index >= 15 is 0 Å². The highest BCUT2D eigenvalue weighted by atomic mass is 16.4. The molecule has 2 saturated heterocycles. The van der Waals surface area contributed by atoms with Gasteiger partial charge in [0.25, 0.3) is 0 Å². The van der Waals surface area contributed by atoms with E-state index in [1.165, 1.54) is 4.90 Å². The van der Waals surface area contributed by atoms with Gasteiger partial charge in [0, 0.05) is 25.3 Å². The van der Waals surface area contributed by atoms with Gasteiger partial charge in [0.1, 0.15) is 5.92 Å². The Hall–Kier alpha value is -2.37. The van der Waals surface area contributed by atoms with Crippen molar-refractivity contribution in [3.8, 4) is 0 Å². The van der Waals surface area contributed by atoms with Crippen LogP contribution in [-0.2, 0) is 14.4 Å². The number of carboxylic acid groups (broad SMARTS) is 1. The summed E-state index contributed by atoms with van der Waals surface area (Å²) < 4.78 is 0. The topological polar surface area (TPSA) is 77.9 Å². The van der Waals surface area contributed by atoms with Crippen LogP contribution in [0.5, 0.6) is 0 Å². The lowest BCUT2D eigenvalue weighted by molar-refractivity contribution is -0.142. The molecule has 2 aliphatic heterocycles. The molecule has 128 valence electrons. The number of hydrogen-bond acceptors (Lipinski definition) is 3. The standard InChI is InChI=1S/C18H22N2O4/c1-11-7-12(2)9-14(8-11)20-6-4-15(17(20)22)16(21)19-5-3-13(10-19)18(23)24/h7-9,13,15H,3-6,10H2,1-2H3,(H,23,24). The number of aliphatic carboxylic acids is 1. The van der Waals surface area contributed by atoms with E-state index in [0.29, 0.717) is 25.9 Å². The largest absolute Gasteiger partial charge is 0.481 e. The predicted molar refractivity (Wildman–Crippen MR) is 88.7 cm³/mol. The van der Waals surface area contributed by atoms with Gasteiger partial charge in [-0.2, -0.15) is 0 Å². The molecular weight excluding hydrogens is 308 g/mol. The van der Waals surface area contributed by atoms with E-state index < -0.39 is 17.8 Å². The number of hydrogen-bond donors (Lipinski definition) is 1. The minimum absolute atomic E-state index is 0.177. The van der Waals surface area contributed by atoms with Gasteiger partial charge in [-0.05, 0) is 49.9 Å². The second-order valence-electron chi connectivity index (χ2n) is 6.79. The number of carbonyl (C=O) groups excluding carboxylic acids is 2. The number of amides is 2. The molecule has 0 radical (unpaired) electrons. The number of nitrogens with zero attached hydrogens (tertiary/aromatic N) is 2. The molecule has 6 nitrogen and oxygen atoms in total. The Kier molecular flexibility index (Phi) is 4.30. The molecule has 6 heteroatoms. The van der Waals surface area contributed by atoms with Gasteiger partial charge in [-0.3, -0.25) is 14.4 Å². The zero-order valence-electron chi connectivity index (χ0n) is 14.0. The number of rotatable bonds is 3. The molecule has 2 amide bonds. The number of carboxylic acids is 1. The van der Waals surface area contributed by atoms with E-state index in [1.807, 2.05) is 32.0 Å². The molecule has 2 fully saturated rings. The maximum Gasteiger partial charge on any atom is 0.308 e. The Morgan fingerprint density at radius 1 is 1.08 bits per heavy atom. The lowest BCUT2D eigenvalue weighted by Crippen LogP contribution is -2.39. The van der Waals surface area contributed by atoms with Crippen LogP contribution in [0.2, 0.25) is 0 Å². The summed E-state index contributed by atoms with van der Waals surface area (Å²) in [7, 11) is 0. The number of benzene rings is 1. The Balaban J connectivity index is 1.72. The molecule has 1 N–H and O–H groups in total. The van der Waals surface area contributed by atoms with E-state index in [0.717, 1.165) is 16.8 Å². The Bertz CT molecular complexity index is 680. The third kappa shape index (κ3) is 3.00. The molecule has 2 unspecified atom stereocenters. The van der Waals surface area contributed by atoms with Crippen molar-refractivity contribution in [3.05, 3.63) is 29.3 Å². The summed E-state index contributed by atoms with van der Waals surface area (Å²) >= 11 is 0. The molecule has 0 saturated carbocycles. The van der Waals surface area contributed by atoms with E-state index in [9.17, 15) is 14.4 Å². The molecule has 2 atom stereocenters. The second kappa shape index (κ2) is 6.26. The van der Waals surface area contributed by atoms with Crippen molar-refractivity contribution in [2.24, 2.45) is 11.8 Å². The van der Waals surface area contributed by atoms with Gasteiger partial charge in [-0.25, -0.2) is 0 Å². The van der Waals surface area contributed by atoms with Crippen molar-refractivity contribution in [2.45, 2.75) is 26.7 Å². The van der Waals surface area contributed by atoms with E-state index in [4.69, 9.17) is 5.11 Å². The lowest BCUT2D eigenvalue weighted by Gasteiger charge is -2.21. The predicted octanol–water partition coefficient (Wildman–Crippen LogP) is 1.59. The van der Waals surface area contributed by atoms with Crippen molar-refractivity contribution in [3.63, 3.8) is 0 Å². The minimum atomic E-state index is -0.875. The van der Waals surface area contributed by atoms with Gasteiger partial charge in [-0.15, -0.1) is 0 Å². The second-order valence-corrected chi connectivity index (χ2v) is 6.79. The monoisotopic (exact) mass is 330 g/mol. The fraction of sp³-hybridized carbons (Fsp3) is 0.500.